The molecule has 3 aliphatic rings. The number of benzene rings is 1. The largest absolute Gasteiger partial charge is 0.321 e. The first-order chi connectivity index (χ1) is 10.7. The van der Waals surface area contributed by atoms with Gasteiger partial charge in [0.2, 0.25) is 0 Å². The maximum absolute atomic E-state index is 12.2. The fraction of sp³-hybridized carbons (Fsp3) is 0. The number of anilines is 1. The van der Waals surface area contributed by atoms with Gasteiger partial charge in [0.05, 0.1) is 0 Å². The lowest BCUT2D eigenvalue weighted by atomic mass is 10.0. The molecule has 0 saturated carbocycles. The molecule has 4 rings (SSSR count). The van der Waals surface area contributed by atoms with Crippen LogP contribution in [0.4, 0.5) is 5.69 Å². The number of carbonyl (C=O) groups is 1. The summed E-state index contributed by atoms with van der Waals surface area (Å²) in [6.07, 6.45) is 1.93. The van der Waals surface area contributed by atoms with Gasteiger partial charge in [0.25, 0.3) is 5.91 Å². The summed E-state index contributed by atoms with van der Waals surface area (Å²) >= 11 is 6.06. The van der Waals surface area contributed by atoms with Crippen LogP contribution in [0.5, 0.6) is 0 Å². The third-order valence-corrected chi connectivity index (χ3v) is 4.12. The molecule has 0 saturated heterocycles. The van der Waals surface area contributed by atoms with E-state index in [1.165, 1.54) is 0 Å². The molecular formula is C19H12ClNO. The molecule has 0 unspecified atom stereocenters. The Balaban J connectivity index is 1.87. The number of halogens is 1. The molecular weight excluding hydrogens is 294 g/mol. The Morgan fingerprint density at radius 1 is 0.909 bits per heavy atom. The van der Waals surface area contributed by atoms with Gasteiger partial charge in [-0.15, -0.1) is 0 Å². The minimum Gasteiger partial charge on any atom is -0.321 e. The van der Waals surface area contributed by atoms with Gasteiger partial charge in [-0.3, -0.25) is 4.79 Å². The summed E-state index contributed by atoms with van der Waals surface area (Å²) < 4.78 is 0. The molecule has 1 amide bonds. The highest BCUT2D eigenvalue weighted by Gasteiger charge is 2.24. The van der Waals surface area contributed by atoms with Crippen LogP contribution >= 0.6 is 11.6 Å². The van der Waals surface area contributed by atoms with Crippen molar-refractivity contribution in [1.29, 1.82) is 0 Å². The summed E-state index contributed by atoms with van der Waals surface area (Å²) in [4.78, 5) is 12.2. The SMILES string of the molecule is O=C1Nc2ccc(Cl)cc2/C1=C/c1ccc2cccccc1-2. The molecule has 1 heterocycles. The number of amides is 1. The van der Waals surface area contributed by atoms with Crippen molar-refractivity contribution < 1.29 is 4.79 Å². The Bertz CT molecular complexity index is 898. The van der Waals surface area contributed by atoms with Crippen LogP contribution < -0.4 is 5.32 Å². The van der Waals surface area contributed by atoms with Crippen molar-refractivity contribution in [2.24, 2.45) is 0 Å². The zero-order valence-corrected chi connectivity index (χ0v) is 12.4. The first-order valence-electron chi connectivity index (χ1n) is 7.03. The van der Waals surface area contributed by atoms with E-state index in [9.17, 15) is 4.79 Å². The van der Waals surface area contributed by atoms with Crippen molar-refractivity contribution >= 4 is 34.8 Å². The quantitative estimate of drug-likeness (QED) is 0.634. The minimum atomic E-state index is -0.0908. The molecule has 0 fully saturated rings. The maximum atomic E-state index is 12.2. The topological polar surface area (TPSA) is 29.1 Å². The van der Waals surface area contributed by atoms with E-state index in [2.05, 4.69) is 23.5 Å². The van der Waals surface area contributed by atoms with Crippen molar-refractivity contribution in [2.45, 2.75) is 0 Å². The lowest BCUT2D eigenvalue weighted by molar-refractivity contribution is -0.110. The van der Waals surface area contributed by atoms with Crippen LogP contribution in [-0.2, 0) is 4.79 Å². The average molecular weight is 306 g/mol. The van der Waals surface area contributed by atoms with Gasteiger partial charge in [-0.1, -0.05) is 54.1 Å². The molecule has 2 aliphatic carbocycles. The minimum absolute atomic E-state index is 0.0908. The smallest absolute Gasteiger partial charge is 0.256 e. The van der Waals surface area contributed by atoms with Gasteiger partial charge in [0, 0.05) is 21.8 Å². The molecule has 1 aromatic rings. The molecule has 1 aliphatic heterocycles. The standard InChI is InChI=1S/C19H12ClNO/c20-14-8-9-18-16(11-14)17(19(22)21-18)10-13-7-6-12-4-2-1-3-5-15(12)13/h1-11H,(H,21,22)/b17-10-. The Hall–Kier alpha value is -2.58. The number of hydrogen-bond donors (Lipinski definition) is 1. The maximum Gasteiger partial charge on any atom is 0.256 e. The summed E-state index contributed by atoms with van der Waals surface area (Å²) in [7, 11) is 0. The lowest BCUT2D eigenvalue weighted by Crippen LogP contribution is -2.03. The summed E-state index contributed by atoms with van der Waals surface area (Å²) in [5.41, 5.74) is 5.62. The van der Waals surface area contributed by atoms with Crippen LogP contribution in [0.25, 0.3) is 22.8 Å². The Morgan fingerprint density at radius 2 is 1.77 bits per heavy atom. The molecule has 0 atom stereocenters. The second kappa shape index (κ2) is 5.00. The van der Waals surface area contributed by atoms with Gasteiger partial charge in [0.15, 0.2) is 0 Å². The summed E-state index contributed by atoms with van der Waals surface area (Å²) in [6, 6.07) is 19.7. The van der Waals surface area contributed by atoms with E-state index < -0.39 is 0 Å². The van der Waals surface area contributed by atoms with Gasteiger partial charge < -0.3 is 5.32 Å². The number of hydrogen-bond acceptors (Lipinski definition) is 1. The first kappa shape index (κ1) is 13.1. The van der Waals surface area contributed by atoms with Crippen LogP contribution in [0, 0.1) is 0 Å². The van der Waals surface area contributed by atoms with E-state index in [1.807, 2.05) is 42.5 Å². The second-order valence-electron chi connectivity index (χ2n) is 5.27. The van der Waals surface area contributed by atoms with Crippen molar-refractivity contribution in [3.63, 3.8) is 0 Å². The summed E-state index contributed by atoms with van der Waals surface area (Å²) in [5, 5.41) is 3.50. The fourth-order valence-electron chi connectivity index (χ4n) is 2.82. The van der Waals surface area contributed by atoms with Gasteiger partial charge in [-0.05, 0) is 41.0 Å². The lowest BCUT2D eigenvalue weighted by Gasteiger charge is -2.00. The second-order valence-corrected chi connectivity index (χ2v) is 5.71. The zero-order chi connectivity index (χ0) is 15.1. The van der Waals surface area contributed by atoms with E-state index in [4.69, 9.17) is 11.6 Å². The van der Waals surface area contributed by atoms with E-state index in [-0.39, 0.29) is 5.91 Å². The Kier molecular flexibility index (Phi) is 2.98. The van der Waals surface area contributed by atoms with Crippen LogP contribution in [0.1, 0.15) is 11.1 Å². The number of rotatable bonds is 1. The molecule has 0 aromatic heterocycles. The molecule has 22 heavy (non-hydrogen) atoms. The molecule has 3 heteroatoms. The molecule has 1 N–H and O–H groups in total. The average Bonchev–Trinajstić information content (AvgIpc) is 2.91. The van der Waals surface area contributed by atoms with Gasteiger partial charge in [-0.25, -0.2) is 0 Å². The zero-order valence-electron chi connectivity index (χ0n) is 11.6. The monoisotopic (exact) mass is 305 g/mol. The number of fused-ring (bicyclic) bond motifs is 2. The van der Waals surface area contributed by atoms with Crippen molar-refractivity contribution in [1.82, 2.24) is 0 Å². The van der Waals surface area contributed by atoms with E-state index in [0.717, 1.165) is 27.9 Å². The highest BCUT2D eigenvalue weighted by Crippen LogP contribution is 2.37. The first-order valence-corrected chi connectivity index (χ1v) is 7.41. The van der Waals surface area contributed by atoms with Crippen LogP contribution in [-0.4, -0.2) is 5.91 Å². The van der Waals surface area contributed by atoms with Crippen LogP contribution in [0.2, 0.25) is 5.02 Å². The predicted molar refractivity (Wildman–Crippen MR) is 91.0 cm³/mol. The molecule has 1 aromatic carbocycles. The summed E-state index contributed by atoms with van der Waals surface area (Å²) in [6.45, 7) is 0. The van der Waals surface area contributed by atoms with Gasteiger partial charge in [0.1, 0.15) is 0 Å². The predicted octanol–water partition coefficient (Wildman–Crippen LogP) is 4.94. The highest BCUT2D eigenvalue weighted by atomic mass is 35.5. The summed E-state index contributed by atoms with van der Waals surface area (Å²) in [5.74, 6) is -0.0908. The molecule has 0 radical (unpaired) electrons. The van der Waals surface area contributed by atoms with Crippen molar-refractivity contribution in [3.05, 3.63) is 76.8 Å². The number of nitrogens with one attached hydrogen (secondary N) is 1. The molecule has 106 valence electrons. The van der Waals surface area contributed by atoms with E-state index in [1.54, 1.807) is 6.07 Å². The fourth-order valence-corrected chi connectivity index (χ4v) is 3.00. The van der Waals surface area contributed by atoms with Crippen LogP contribution in [0.3, 0.4) is 0 Å². The highest BCUT2D eigenvalue weighted by molar-refractivity contribution is 6.37. The molecule has 2 nitrogen and oxygen atoms in total. The number of carbonyl (C=O) groups excluding carboxylic acids is 1. The third kappa shape index (κ3) is 2.09. The van der Waals surface area contributed by atoms with E-state index >= 15 is 0 Å². The normalized spacial score (nSPS) is 15.1. The van der Waals surface area contributed by atoms with Gasteiger partial charge >= 0.3 is 0 Å². The van der Waals surface area contributed by atoms with Crippen LogP contribution in [0.15, 0.2) is 60.7 Å². The Morgan fingerprint density at radius 3 is 2.68 bits per heavy atom. The molecule has 0 spiro atoms. The van der Waals surface area contributed by atoms with Gasteiger partial charge in [-0.2, -0.15) is 0 Å². The van der Waals surface area contributed by atoms with Crippen molar-refractivity contribution in [3.8, 4) is 11.1 Å². The Labute approximate surface area is 133 Å². The van der Waals surface area contributed by atoms with E-state index in [0.29, 0.717) is 10.6 Å². The molecule has 0 bridgehead atoms. The third-order valence-electron chi connectivity index (χ3n) is 3.89. The van der Waals surface area contributed by atoms with Crippen molar-refractivity contribution in [2.75, 3.05) is 5.32 Å².